The Balaban J connectivity index is 1.26. The summed E-state index contributed by atoms with van der Waals surface area (Å²) in [5, 5.41) is 11.8. The Kier molecular flexibility index (Phi) is 7.06. The lowest BCUT2D eigenvalue weighted by Gasteiger charge is -2.09. The molecule has 7 N–H and O–H groups in total. The number of aryl methyl sites for hydroxylation is 1. The number of guanidine groups is 1. The quantitative estimate of drug-likeness (QED) is 0.107. The summed E-state index contributed by atoms with van der Waals surface area (Å²) in [6.45, 7) is 2.53. The molecule has 3 aromatic carbocycles. The average Bonchev–Trinajstić information content (AvgIpc) is 3.51. The maximum Gasteiger partial charge on any atom is 0.335 e. The summed E-state index contributed by atoms with van der Waals surface area (Å²) in [6, 6.07) is 16.9. The minimum Gasteiger partial charge on any atom is -0.492 e. The van der Waals surface area contributed by atoms with Crippen LogP contribution in [0, 0.1) is 0 Å². The zero-order chi connectivity index (χ0) is 28.4. The van der Waals surface area contributed by atoms with Crippen LogP contribution >= 0.6 is 0 Å². The van der Waals surface area contributed by atoms with Crippen LogP contribution in [0.25, 0.3) is 22.1 Å². The molecular formula is C28H28N8O4. The van der Waals surface area contributed by atoms with E-state index < -0.39 is 5.97 Å². The van der Waals surface area contributed by atoms with Crippen LogP contribution in [0.4, 0.5) is 5.69 Å². The van der Waals surface area contributed by atoms with Crippen LogP contribution in [-0.4, -0.2) is 55.6 Å². The number of carbonyl (C=O) groups is 2. The summed E-state index contributed by atoms with van der Waals surface area (Å²) in [6.07, 6.45) is 0. The topological polar surface area (TPSA) is 187 Å². The van der Waals surface area contributed by atoms with Gasteiger partial charge < -0.3 is 36.2 Å². The number of imidazole rings is 2. The van der Waals surface area contributed by atoms with Crippen molar-refractivity contribution in [3.05, 3.63) is 83.4 Å². The number of carboxylic acid groups (broad SMARTS) is 1. The van der Waals surface area contributed by atoms with E-state index in [2.05, 4.69) is 15.3 Å². The molecule has 0 saturated heterocycles. The fraction of sp³-hybridized carbons (Fsp3) is 0.179. The molecule has 2 aromatic heterocycles. The molecule has 5 aromatic rings. The number of nitrogens with zero attached hydrogens (tertiary/aromatic N) is 4. The van der Waals surface area contributed by atoms with Gasteiger partial charge in [-0.1, -0.05) is 0 Å². The van der Waals surface area contributed by atoms with Gasteiger partial charge in [0, 0.05) is 12.6 Å². The van der Waals surface area contributed by atoms with Gasteiger partial charge in [0.2, 0.25) is 0 Å². The molecule has 0 aliphatic carbocycles. The molecule has 0 spiro atoms. The van der Waals surface area contributed by atoms with E-state index >= 15 is 0 Å². The number of nitrogens with one attached hydrogen (secondary N) is 2. The number of hydrogen-bond donors (Lipinski definition) is 5. The molecule has 40 heavy (non-hydrogen) atoms. The Morgan fingerprint density at radius 3 is 2.50 bits per heavy atom. The Bertz CT molecular complexity index is 1750. The van der Waals surface area contributed by atoms with E-state index in [1.54, 1.807) is 30.3 Å². The first-order chi connectivity index (χ1) is 19.2. The van der Waals surface area contributed by atoms with Crippen molar-refractivity contribution >= 4 is 45.6 Å². The van der Waals surface area contributed by atoms with E-state index in [-0.39, 0.29) is 36.5 Å². The van der Waals surface area contributed by atoms with Crippen LogP contribution < -0.4 is 21.5 Å². The molecule has 12 nitrogen and oxygen atoms in total. The fourth-order valence-corrected chi connectivity index (χ4v) is 4.43. The minimum absolute atomic E-state index is 0.0154. The van der Waals surface area contributed by atoms with Crippen molar-refractivity contribution in [3.63, 3.8) is 0 Å². The third-order valence-corrected chi connectivity index (χ3v) is 6.47. The average molecular weight is 541 g/mol. The summed E-state index contributed by atoms with van der Waals surface area (Å²) in [7, 11) is 1.91. The second-order valence-corrected chi connectivity index (χ2v) is 9.25. The largest absolute Gasteiger partial charge is 0.492 e. The maximum atomic E-state index is 12.8. The number of aliphatic imine (C=N–C) groups is 1. The molecule has 0 fully saturated rings. The number of ether oxygens (including phenoxy) is 1. The first-order valence-corrected chi connectivity index (χ1v) is 12.5. The molecule has 12 heteroatoms. The number of nitrogens with two attached hydrogens (primary N) is 2. The van der Waals surface area contributed by atoms with Crippen molar-refractivity contribution in [2.24, 2.45) is 23.5 Å². The molecule has 1 atom stereocenters. The number of benzene rings is 3. The van der Waals surface area contributed by atoms with Gasteiger partial charge in [-0.15, -0.1) is 0 Å². The highest BCUT2D eigenvalue weighted by molar-refractivity contribution is 5.97. The zero-order valence-electron chi connectivity index (χ0n) is 21.9. The molecule has 2 heterocycles. The smallest absolute Gasteiger partial charge is 0.335 e. The third kappa shape index (κ3) is 5.41. The predicted molar refractivity (Wildman–Crippen MR) is 151 cm³/mol. The first-order valence-electron chi connectivity index (χ1n) is 12.5. The monoisotopic (exact) mass is 540 g/mol. The van der Waals surface area contributed by atoms with Crippen molar-refractivity contribution in [1.29, 1.82) is 0 Å². The van der Waals surface area contributed by atoms with Crippen LogP contribution in [0.1, 0.15) is 45.2 Å². The number of hydrogen-bond acceptors (Lipinski definition) is 6. The minimum atomic E-state index is -1.00. The van der Waals surface area contributed by atoms with Crippen LogP contribution in [0.2, 0.25) is 0 Å². The number of aromatic amines is 1. The summed E-state index contributed by atoms with van der Waals surface area (Å²) in [5.41, 5.74) is 15.5. The summed E-state index contributed by atoms with van der Waals surface area (Å²) in [4.78, 5) is 40.7. The van der Waals surface area contributed by atoms with Gasteiger partial charge in [-0.2, -0.15) is 0 Å². The lowest BCUT2D eigenvalue weighted by Crippen LogP contribution is -2.28. The normalized spacial score (nSPS) is 11.8. The molecule has 204 valence electrons. The Morgan fingerprint density at radius 2 is 1.77 bits per heavy atom. The standard InChI is InChI=1S/C28H28N8O4/c1-15(24-33-20-10-6-18(32-28(29)30)14-22(20)34-24)25-35-21-9-5-17(13-23(21)36(25)2)26(37)31-11-12-40-19-7-3-16(4-8-19)27(38)39/h3-10,13-15H,11-12H2,1-2H3,(H,31,37)(H,33,34)(H,38,39)(H4,29,30,32). The van der Waals surface area contributed by atoms with E-state index in [1.807, 2.05) is 36.7 Å². The SMILES string of the molecule is CC(c1nc2ccc(N=C(N)N)cc2[nH]1)c1nc2ccc(C(=O)NCCOc3ccc(C(=O)O)cc3)cc2n1C. The maximum absolute atomic E-state index is 12.8. The van der Waals surface area contributed by atoms with Crippen molar-refractivity contribution in [2.45, 2.75) is 12.8 Å². The van der Waals surface area contributed by atoms with Gasteiger partial charge in [0.25, 0.3) is 5.91 Å². The van der Waals surface area contributed by atoms with Gasteiger partial charge in [0.05, 0.1) is 45.8 Å². The van der Waals surface area contributed by atoms with Gasteiger partial charge in [-0.3, -0.25) is 4.79 Å². The molecular weight excluding hydrogens is 512 g/mol. The highest BCUT2D eigenvalue weighted by atomic mass is 16.5. The number of rotatable bonds is 9. The van der Waals surface area contributed by atoms with Gasteiger partial charge in [0.1, 0.15) is 24.0 Å². The van der Waals surface area contributed by atoms with Crippen LogP contribution in [0.15, 0.2) is 65.7 Å². The van der Waals surface area contributed by atoms with E-state index in [1.165, 1.54) is 12.1 Å². The lowest BCUT2D eigenvalue weighted by atomic mass is 10.1. The molecule has 0 radical (unpaired) electrons. The van der Waals surface area contributed by atoms with Crippen molar-refractivity contribution < 1.29 is 19.4 Å². The number of fused-ring (bicyclic) bond motifs is 2. The number of aromatic carboxylic acids is 1. The van der Waals surface area contributed by atoms with E-state index in [0.29, 0.717) is 17.0 Å². The van der Waals surface area contributed by atoms with Gasteiger partial charge in [-0.25, -0.2) is 19.8 Å². The first kappa shape index (κ1) is 26.2. The Hall–Kier alpha value is -5.39. The number of aromatic nitrogens is 4. The molecule has 0 aliphatic heterocycles. The van der Waals surface area contributed by atoms with Crippen LogP contribution in [0.3, 0.4) is 0 Å². The highest BCUT2D eigenvalue weighted by Crippen LogP contribution is 2.28. The second-order valence-electron chi connectivity index (χ2n) is 9.25. The molecule has 1 amide bonds. The summed E-state index contributed by atoms with van der Waals surface area (Å²) >= 11 is 0. The predicted octanol–water partition coefficient (Wildman–Crippen LogP) is 3.01. The summed E-state index contributed by atoms with van der Waals surface area (Å²) < 4.78 is 7.54. The van der Waals surface area contributed by atoms with Gasteiger partial charge in [0.15, 0.2) is 5.96 Å². The Morgan fingerprint density at radius 1 is 1.05 bits per heavy atom. The molecule has 0 saturated carbocycles. The van der Waals surface area contributed by atoms with Crippen LogP contribution in [-0.2, 0) is 7.05 Å². The molecule has 0 aliphatic rings. The van der Waals surface area contributed by atoms with Crippen LogP contribution in [0.5, 0.6) is 5.75 Å². The summed E-state index contributed by atoms with van der Waals surface area (Å²) in [5.74, 6) is 0.643. The van der Waals surface area contributed by atoms with Gasteiger partial charge in [-0.05, 0) is 67.6 Å². The van der Waals surface area contributed by atoms with Crippen molar-refractivity contribution in [1.82, 2.24) is 24.8 Å². The lowest BCUT2D eigenvalue weighted by molar-refractivity contribution is 0.0696. The fourth-order valence-electron chi connectivity index (χ4n) is 4.43. The van der Waals surface area contributed by atoms with Gasteiger partial charge >= 0.3 is 5.97 Å². The Labute approximate surface area is 228 Å². The molecule has 0 bridgehead atoms. The van der Waals surface area contributed by atoms with E-state index in [4.69, 9.17) is 31.3 Å². The van der Waals surface area contributed by atoms with Crippen molar-refractivity contribution in [3.8, 4) is 5.75 Å². The number of H-pyrrole nitrogens is 1. The number of amides is 1. The van der Waals surface area contributed by atoms with E-state index in [9.17, 15) is 9.59 Å². The molecule has 5 rings (SSSR count). The third-order valence-electron chi connectivity index (χ3n) is 6.47. The number of carboxylic acids is 1. The molecule has 1 unspecified atom stereocenters. The van der Waals surface area contributed by atoms with Crippen molar-refractivity contribution in [2.75, 3.05) is 13.2 Å². The second kappa shape index (κ2) is 10.8. The highest BCUT2D eigenvalue weighted by Gasteiger charge is 2.20. The van der Waals surface area contributed by atoms with E-state index in [0.717, 1.165) is 33.7 Å². The zero-order valence-corrected chi connectivity index (χ0v) is 21.9. The number of carbonyl (C=O) groups excluding carboxylic acids is 1.